The van der Waals surface area contributed by atoms with Crippen LogP contribution < -0.4 is 10.6 Å². The number of aromatic nitrogens is 3. The van der Waals surface area contributed by atoms with Gasteiger partial charge in [-0.25, -0.2) is 0 Å². The summed E-state index contributed by atoms with van der Waals surface area (Å²) in [6.07, 6.45) is 6.33. The first-order valence-electron chi connectivity index (χ1n) is 9.85. The highest BCUT2D eigenvalue weighted by Crippen LogP contribution is 2.45. The Labute approximate surface area is 170 Å². The maximum absolute atomic E-state index is 12.3. The number of nitrogens with two attached hydrogens (primary N) is 1. The Hall–Kier alpha value is -3.19. The van der Waals surface area contributed by atoms with Crippen LogP contribution >= 0.6 is 0 Å². The lowest BCUT2D eigenvalue weighted by atomic mass is 9.89. The molecule has 0 bridgehead atoms. The predicted octanol–water partition coefficient (Wildman–Crippen LogP) is 3.80. The van der Waals surface area contributed by atoms with Crippen molar-refractivity contribution in [2.75, 3.05) is 11.4 Å². The number of anilines is 1. The molecule has 0 saturated carbocycles. The number of hydrogen-bond acceptors (Lipinski definition) is 4. The molecule has 0 radical (unpaired) electrons. The maximum Gasteiger partial charge on any atom is 0.224 e. The number of rotatable bonds is 5. The molecule has 0 aliphatic carbocycles. The molecule has 1 amide bonds. The largest absolute Gasteiger partial charge is 0.457 e. The second kappa shape index (κ2) is 8.05. The Bertz CT molecular complexity index is 1000. The van der Waals surface area contributed by atoms with E-state index in [1.807, 2.05) is 52.3 Å². The third-order valence-electron chi connectivity index (χ3n) is 5.25. The Morgan fingerprint density at radius 2 is 2.14 bits per heavy atom. The van der Waals surface area contributed by atoms with Crippen molar-refractivity contribution in [2.45, 2.75) is 38.9 Å². The first-order valence-corrected chi connectivity index (χ1v) is 9.85. The van der Waals surface area contributed by atoms with Gasteiger partial charge in [0, 0.05) is 37.0 Å². The van der Waals surface area contributed by atoms with E-state index >= 15 is 0 Å². The molecule has 0 spiro atoms. The summed E-state index contributed by atoms with van der Waals surface area (Å²) in [4.78, 5) is 18.5. The zero-order valence-corrected chi connectivity index (χ0v) is 16.7. The van der Waals surface area contributed by atoms with E-state index in [2.05, 4.69) is 23.1 Å². The van der Waals surface area contributed by atoms with E-state index in [1.165, 1.54) is 0 Å². The molecule has 2 N–H and O–H groups in total. The molecule has 4 rings (SSSR count). The summed E-state index contributed by atoms with van der Waals surface area (Å²) in [5, 5.41) is 9.26. The molecule has 2 atom stereocenters. The number of pyridine rings is 1. The summed E-state index contributed by atoms with van der Waals surface area (Å²) in [6.45, 7) is 4.90. The number of carbonyl (C=O) groups is 1. The van der Waals surface area contributed by atoms with Gasteiger partial charge in [-0.15, -0.1) is 0 Å². The Morgan fingerprint density at radius 3 is 2.86 bits per heavy atom. The molecule has 0 saturated heterocycles. The van der Waals surface area contributed by atoms with E-state index in [0.29, 0.717) is 18.9 Å². The fourth-order valence-corrected chi connectivity index (χ4v) is 3.97. The minimum atomic E-state index is -0.0652. The van der Waals surface area contributed by atoms with Gasteiger partial charge >= 0.3 is 0 Å². The third-order valence-corrected chi connectivity index (χ3v) is 5.25. The molecular formula is C22H25N6O-. The molecule has 150 valence electrons. The van der Waals surface area contributed by atoms with Crippen LogP contribution in [0.3, 0.4) is 0 Å². The minimum absolute atomic E-state index is 0.0403. The molecule has 1 aromatic carbocycles. The second-order valence-corrected chi connectivity index (χ2v) is 7.36. The van der Waals surface area contributed by atoms with E-state index in [-0.39, 0.29) is 18.0 Å². The van der Waals surface area contributed by atoms with Crippen LogP contribution in [-0.4, -0.2) is 33.3 Å². The summed E-state index contributed by atoms with van der Waals surface area (Å²) in [6, 6.07) is 11.9. The van der Waals surface area contributed by atoms with E-state index in [1.54, 1.807) is 13.1 Å². The molecular weight excluding hydrogens is 364 g/mol. The Balaban J connectivity index is 1.74. The van der Waals surface area contributed by atoms with Gasteiger partial charge in [-0.05, 0) is 42.6 Å². The molecule has 3 heterocycles. The number of nitrogens with zero attached hydrogens (tertiary/aromatic N) is 5. The van der Waals surface area contributed by atoms with Gasteiger partial charge in [0.25, 0.3) is 0 Å². The topological polar surface area (TPSA) is 91.1 Å². The first-order chi connectivity index (χ1) is 14.1. The molecule has 29 heavy (non-hydrogen) atoms. The van der Waals surface area contributed by atoms with Crippen molar-refractivity contribution in [3.05, 3.63) is 65.9 Å². The van der Waals surface area contributed by atoms with E-state index < -0.39 is 0 Å². The van der Waals surface area contributed by atoms with Crippen LogP contribution in [0.1, 0.15) is 31.9 Å². The highest BCUT2D eigenvalue weighted by atomic mass is 16.2. The van der Waals surface area contributed by atoms with Gasteiger partial charge in [-0.2, -0.15) is 5.10 Å². The number of fused-ring (bicyclic) bond motifs is 1. The number of hydrogen-bond donors (Lipinski definition) is 1. The first kappa shape index (κ1) is 19.1. The lowest BCUT2D eigenvalue weighted by Gasteiger charge is -2.42. The maximum atomic E-state index is 12.3. The molecule has 1 unspecified atom stereocenters. The van der Waals surface area contributed by atoms with Crippen molar-refractivity contribution < 1.29 is 4.79 Å². The van der Waals surface area contributed by atoms with Gasteiger partial charge in [-0.1, -0.05) is 36.3 Å². The summed E-state index contributed by atoms with van der Waals surface area (Å²) < 4.78 is 1.84. The molecule has 3 aromatic rings. The van der Waals surface area contributed by atoms with Crippen LogP contribution in [-0.2, 0) is 11.3 Å². The smallest absolute Gasteiger partial charge is 0.224 e. The zero-order valence-electron chi connectivity index (χ0n) is 16.7. The van der Waals surface area contributed by atoms with Crippen molar-refractivity contribution in [2.24, 2.45) is 5.73 Å². The number of amides is 1. The number of carbonyl (C=O) groups excluding carboxylic acids is 1. The average molecular weight is 389 g/mol. The van der Waals surface area contributed by atoms with Gasteiger partial charge in [0.15, 0.2) is 0 Å². The second-order valence-electron chi connectivity index (χ2n) is 7.36. The van der Waals surface area contributed by atoms with Crippen LogP contribution in [0.4, 0.5) is 11.5 Å². The van der Waals surface area contributed by atoms with Crippen LogP contribution in [0.2, 0.25) is 0 Å². The van der Waals surface area contributed by atoms with E-state index in [4.69, 9.17) is 11.1 Å². The third kappa shape index (κ3) is 3.86. The quantitative estimate of drug-likeness (QED) is 0.718. The highest BCUT2D eigenvalue weighted by Gasteiger charge is 2.31. The van der Waals surface area contributed by atoms with Crippen molar-refractivity contribution >= 4 is 17.4 Å². The van der Waals surface area contributed by atoms with Crippen LogP contribution in [0.5, 0.6) is 0 Å². The zero-order chi connectivity index (χ0) is 20.4. The number of benzene rings is 1. The predicted molar refractivity (Wildman–Crippen MR) is 114 cm³/mol. The van der Waals surface area contributed by atoms with Gasteiger partial charge in [0.1, 0.15) is 0 Å². The fourth-order valence-electron chi connectivity index (χ4n) is 3.97. The normalized spacial score (nSPS) is 18.4. The summed E-state index contributed by atoms with van der Waals surface area (Å²) in [5.41, 5.74) is 9.65. The average Bonchev–Trinajstić information content (AvgIpc) is 3.17. The van der Waals surface area contributed by atoms with Gasteiger partial charge in [0.2, 0.25) is 5.91 Å². The standard InChI is InChI=1S/C22H25N6O/c1-15-11-20(26-22-5-3-4-9-24-22)19-12-17(6-7-21(19)28(15)16(2)29)18-13-25-27(14-18)10-8-23/h3-7,9,12-15,20H,8,10-11,23H2,1-2H3/q-1/t15-,20?/m0/s1. The minimum Gasteiger partial charge on any atom is -0.457 e. The Kier molecular flexibility index (Phi) is 5.31. The summed E-state index contributed by atoms with van der Waals surface area (Å²) in [5.74, 6) is 0.742. The molecule has 1 aliphatic heterocycles. The molecule has 7 nitrogen and oxygen atoms in total. The van der Waals surface area contributed by atoms with Gasteiger partial charge in [0.05, 0.1) is 12.7 Å². The van der Waals surface area contributed by atoms with Crippen LogP contribution in [0, 0.1) is 0 Å². The lowest BCUT2D eigenvalue weighted by Crippen LogP contribution is -2.41. The molecule has 0 fully saturated rings. The Morgan fingerprint density at radius 1 is 1.28 bits per heavy atom. The van der Waals surface area contributed by atoms with Gasteiger partial charge < -0.3 is 20.9 Å². The molecule has 1 aliphatic rings. The van der Waals surface area contributed by atoms with Crippen molar-refractivity contribution in [1.29, 1.82) is 0 Å². The monoisotopic (exact) mass is 389 g/mol. The van der Waals surface area contributed by atoms with Crippen molar-refractivity contribution in [1.82, 2.24) is 14.8 Å². The fraction of sp³-hybridized carbons (Fsp3) is 0.318. The SMILES string of the molecule is CC(=O)N1c2ccc(-c3cnn(CCN)c3)cc2C([N-]c2ccccn2)C[C@@H]1C. The summed E-state index contributed by atoms with van der Waals surface area (Å²) in [7, 11) is 0. The summed E-state index contributed by atoms with van der Waals surface area (Å²) >= 11 is 0. The molecule has 7 heteroatoms. The van der Waals surface area contributed by atoms with E-state index in [0.717, 1.165) is 28.8 Å². The van der Waals surface area contributed by atoms with Crippen LogP contribution in [0.25, 0.3) is 16.4 Å². The van der Waals surface area contributed by atoms with Crippen LogP contribution in [0.15, 0.2) is 55.0 Å². The van der Waals surface area contributed by atoms with Crippen molar-refractivity contribution in [3.63, 3.8) is 0 Å². The van der Waals surface area contributed by atoms with Gasteiger partial charge in [-0.3, -0.25) is 9.48 Å². The van der Waals surface area contributed by atoms with Crippen molar-refractivity contribution in [3.8, 4) is 11.1 Å². The molecule has 2 aromatic heterocycles. The lowest BCUT2D eigenvalue weighted by molar-refractivity contribution is -0.117. The van der Waals surface area contributed by atoms with E-state index in [9.17, 15) is 4.79 Å². The highest BCUT2D eigenvalue weighted by molar-refractivity contribution is 5.94.